The zero-order chi connectivity index (χ0) is 20.3. The van der Waals surface area contributed by atoms with E-state index in [0.717, 1.165) is 18.4 Å². The second-order valence-electron chi connectivity index (χ2n) is 8.03. The summed E-state index contributed by atoms with van der Waals surface area (Å²) < 4.78 is 6.28. The molecule has 1 fully saturated rings. The van der Waals surface area contributed by atoms with E-state index in [-0.39, 0.29) is 48.8 Å². The van der Waals surface area contributed by atoms with Gasteiger partial charge in [0.25, 0.3) is 0 Å². The van der Waals surface area contributed by atoms with Crippen LogP contribution in [0.25, 0.3) is 0 Å². The molecule has 3 N–H and O–H groups in total. The molecule has 1 aromatic rings. The lowest BCUT2D eigenvalue weighted by molar-refractivity contribution is -0.134. The number of ether oxygens (including phenoxy) is 1. The summed E-state index contributed by atoms with van der Waals surface area (Å²) in [4.78, 5) is 26.8. The van der Waals surface area contributed by atoms with E-state index in [2.05, 4.69) is 17.6 Å². The first-order valence-corrected chi connectivity index (χ1v) is 10.1. The largest absolute Gasteiger partial charge is 0.488 e. The number of nitrogens with zero attached hydrogens (tertiary/aromatic N) is 1. The Morgan fingerprint density at radius 3 is 2.79 bits per heavy atom. The van der Waals surface area contributed by atoms with Crippen LogP contribution in [-0.2, 0) is 16.0 Å². The Balaban J connectivity index is 1.90. The molecule has 3 rings (SSSR count). The fraction of sp³-hybridized carbons (Fsp3) is 0.619. The minimum atomic E-state index is -0.260. The number of amides is 2. The third-order valence-corrected chi connectivity index (χ3v) is 5.54. The van der Waals surface area contributed by atoms with Crippen molar-refractivity contribution in [3.63, 3.8) is 0 Å². The number of anilines is 1. The number of likely N-dealkylation sites (N-methyl/N-ethyl adjacent to an activating group) is 1. The Labute approximate surface area is 166 Å². The maximum Gasteiger partial charge on any atom is 0.227 e. The first-order valence-electron chi connectivity index (χ1n) is 10.1. The molecule has 7 heteroatoms. The summed E-state index contributed by atoms with van der Waals surface area (Å²) in [7, 11) is 1.87. The van der Waals surface area contributed by atoms with E-state index in [0.29, 0.717) is 24.5 Å². The van der Waals surface area contributed by atoms with Gasteiger partial charge >= 0.3 is 0 Å². The molecule has 0 bridgehead atoms. The third-order valence-electron chi connectivity index (χ3n) is 5.54. The van der Waals surface area contributed by atoms with E-state index in [9.17, 15) is 14.7 Å². The van der Waals surface area contributed by atoms with Crippen molar-refractivity contribution in [2.75, 3.05) is 32.1 Å². The number of fused-ring (bicyclic) bond motifs is 1. The zero-order valence-electron chi connectivity index (χ0n) is 16.9. The van der Waals surface area contributed by atoms with Crippen LogP contribution < -0.4 is 15.4 Å². The summed E-state index contributed by atoms with van der Waals surface area (Å²) in [5.41, 5.74) is 1.44. The van der Waals surface area contributed by atoms with Crippen molar-refractivity contribution < 1.29 is 19.4 Å². The van der Waals surface area contributed by atoms with Gasteiger partial charge in [0.2, 0.25) is 11.8 Å². The molecule has 1 saturated carbocycles. The number of carbonyl (C=O) groups is 2. The first kappa shape index (κ1) is 20.6. The van der Waals surface area contributed by atoms with Crippen LogP contribution in [0.3, 0.4) is 0 Å². The van der Waals surface area contributed by atoms with Gasteiger partial charge in [0.1, 0.15) is 11.9 Å². The van der Waals surface area contributed by atoms with Gasteiger partial charge in [-0.25, -0.2) is 0 Å². The molecule has 2 aliphatic rings. The van der Waals surface area contributed by atoms with Crippen LogP contribution in [0.4, 0.5) is 5.69 Å². The Hall–Kier alpha value is -2.12. The van der Waals surface area contributed by atoms with Crippen LogP contribution in [-0.4, -0.2) is 60.7 Å². The van der Waals surface area contributed by atoms with Crippen LogP contribution in [0.15, 0.2) is 18.2 Å². The van der Waals surface area contributed by atoms with Crippen molar-refractivity contribution in [3.05, 3.63) is 23.8 Å². The van der Waals surface area contributed by atoms with Gasteiger partial charge in [-0.1, -0.05) is 6.92 Å². The second kappa shape index (κ2) is 8.92. The lowest BCUT2D eigenvalue weighted by Crippen LogP contribution is -2.47. The second-order valence-corrected chi connectivity index (χ2v) is 8.03. The molecule has 2 amide bonds. The minimum absolute atomic E-state index is 0.0347. The summed E-state index contributed by atoms with van der Waals surface area (Å²) in [6.45, 7) is 4.99. The first-order chi connectivity index (χ1) is 13.4. The average Bonchev–Trinajstić information content (AvgIpc) is 3.51. The van der Waals surface area contributed by atoms with Gasteiger partial charge in [-0.15, -0.1) is 0 Å². The highest BCUT2D eigenvalue weighted by atomic mass is 16.5. The molecular formula is C21H31N3O4. The van der Waals surface area contributed by atoms with Crippen molar-refractivity contribution in [2.24, 2.45) is 11.8 Å². The van der Waals surface area contributed by atoms with Gasteiger partial charge < -0.3 is 25.4 Å². The van der Waals surface area contributed by atoms with Gasteiger partial charge in [-0.05, 0) is 45.0 Å². The molecule has 0 unspecified atom stereocenters. The molecule has 7 nitrogen and oxygen atoms in total. The highest BCUT2D eigenvalue weighted by Crippen LogP contribution is 2.32. The normalized spacial score (nSPS) is 23.7. The van der Waals surface area contributed by atoms with Crippen LogP contribution >= 0.6 is 0 Å². The number of nitrogens with one attached hydrogen (secondary N) is 2. The van der Waals surface area contributed by atoms with E-state index in [1.807, 2.05) is 32.2 Å². The molecule has 1 aromatic carbocycles. The van der Waals surface area contributed by atoms with Crippen LogP contribution in [0.2, 0.25) is 0 Å². The summed E-state index contributed by atoms with van der Waals surface area (Å²) >= 11 is 0. The lowest BCUT2D eigenvalue weighted by Gasteiger charge is -2.32. The fourth-order valence-electron chi connectivity index (χ4n) is 3.54. The molecule has 0 saturated heterocycles. The molecule has 1 aliphatic carbocycles. The van der Waals surface area contributed by atoms with E-state index in [1.54, 1.807) is 4.90 Å². The number of benzene rings is 1. The highest BCUT2D eigenvalue weighted by Gasteiger charge is 2.31. The van der Waals surface area contributed by atoms with E-state index < -0.39 is 0 Å². The Morgan fingerprint density at radius 2 is 2.14 bits per heavy atom. The summed E-state index contributed by atoms with van der Waals surface area (Å²) in [6.07, 6.45) is 1.94. The molecule has 0 aromatic heterocycles. The SMILES string of the molecule is CNC[C@@H]1Oc2ccc(NC(=O)C3CC3)cc2CC(=O)N([C@H](C)CO)C[C@@H]1C. The van der Waals surface area contributed by atoms with Gasteiger partial charge in [0.05, 0.1) is 19.1 Å². The van der Waals surface area contributed by atoms with Crippen LogP contribution in [0.1, 0.15) is 32.3 Å². The summed E-state index contributed by atoms with van der Waals surface area (Å²) in [5.74, 6) is 0.861. The van der Waals surface area contributed by atoms with Gasteiger partial charge in [-0.2, -0.15) is 0 Å². The van der Waals surface area contributed by atoms with Crippen molar-refractivity contribution >= 4 is 17.5 Å². The molecule has 154 valence electrons. The smallest absolute Gasteiger partial charge is 0.227 e. The summed E-state index contributed by atoms with van der Waals surface area (Å²) in [5, 5.41) is 15.7. The van der Waals surface area contributed by atoms with Crippen molar-refractivity contribution in [2.45, 2.75) is 45.3 Å². The maximum atomic E-state index is 13.0. The predicted molar refractivity (Wildman–Crippen MR) is 107 cm³/mol. The Morgan fingerprint density at radius 1 is 1.39 bits per heavy atom. The zero-order valence-corrected chi connectivity index (χ0v) is 16.9. The van der Waals surface area contributed by atoms with E-state index in [1.165, 1.54) is 0 Å². The molecule has 0 radical (unpaired) electrons. The Kier molecular flexibility index (Phi) is 6.57. The molecule has 1 heterocycles. The van der Waals surface area contributed by atoms with Crippen molar-refractivity contribution in [1.82, 2.24) is 10.2 Å². The topological polar surface area (TPSA) is 90.9 Å². The van der Waals surface area contributed by atoms with E-state index in [4.69, 9.17) is 4.74 Å². The maximum absolute atomic E-state index is 13.0. The Bertz CT molecular complexity index is 720. The van der Waals surface area contributed by atoms with Gasteiger partial charge in [0, 0.05) is 36.2 Å². The molecule has 0 spiro atoms. The molecule has 3 atom stereocenters. The monoisotopic (exact) mass is 389 g/mol. The lowest BCUT2D eigenvalue weighted by atomic mass is 10.0. The number of hydrogen-bond acceptors (Lipinski definition) is 5. The number of rotatable bonds is 6. The summed E-state index contributed by atoms with van der Waals surface area (Å²) in [6, 6.07) is 5.24. The third kappa shape index (κ3) is 4.83. The molecular weight excluding hydrogens is 358 g/mol. The number of aliphatic hydroxyl groups is 1. The van der Waals surface area contributed by atoms with Crippen molar-refractivity contribution in [3.8, 4) is 5.75 Å². The van der Waals surface area contributed by atoms with Crippen LogP contribution in [0.5, 0.6) is 5.75 Å². The minimum Gasteiger partial charge on any atom is -0.488 e. The van der Waals surface area contributed by atoms with Gasteiger partial charge in [-0.3, -0.25) is 9.59 Å². The molecule has 28 heavy (non-hydrogen) atoms. The van der Waals surface area contributed by atoms with Gasteiger partial charge in [0.15, 0.2) is 0 Å². The predicted octanol–water partition coefficient (Wildman–Crippen LogP) is 1.40. The fourth-order valence-corrected chi connectivity index (χ4v) is 3.54. The standard InChI is InChI=1S/C21H31N3O4/c1-13-11-24(14(2)12-25)20(26)9-16-8-17(23-21(27)15-4-5-15)6-7-18(16)28-19(13)10-22-3/h6-8,13-15,19,22,25H,4-5,9-12H2,1-3H3,(H,23,27)/t13-,14+,19-/m0/s1. The number of carbonyl (C=O) groups excluding carboxylic acids is 2. The number of hydrogen-bond donors (Lipinski definition) is 3. The highest BCUT2D eigenvalue weighted by molar-refractivity contribution is 5.94. The van der Waals surface area contributed by atoms with E-state index >= 15 is 0 Å². The average molecular weight is 389 g/mol. The number of aliphatic hydroxyl groups excluding tert-OH is 1. The quantitative estimate of drug-likeness (QED) is 0.684. The van der Waals surface area contributed by atoms with Crippen LogP contribution in [0, 0.1) is 11.8 Å². The molecule has 1 aliphatic heterocycles. The van der Waals surface area contributed by atoms with Crippen molar-refractivity contribution in [1.29, 1.82) is 0 Å².